The largest absolute Gasteiger partial charge is 0.299 e. The van der Waals surface area contributed by atoms with E-state index < -0.39 is 0 Å². The third-order valence-corrected chi connectivity index (χ3v) is 5.94. The summed E-state index contributed by atoms with van der Waals surface area (Å²) in [5, 5.41) is 2.57. The van der Waals surface area contributed by atoms with Crippen LogP contribution in [-0.4, -0.2) is 5.78 Å². The van der Waals surface area contributed by atoms with Gasteiger partial charge in [0.2, 0.25) is 0 Å². The lowest BCUT2D eigenvalue weighted by molar-refractivity contribution is -0.119. The van der Waals surface area contributed by atoms with Gasteiger partial charge in [-0.3, -0.25) is 4.79 Å². The van der Waals surface area contributed by atoms with Crippen molar-refractivity contribution in [1.82, 2.24) is 0 Å². The zero-order chi connectivity index (χ0) is 15.4. The summed E-state index contributed by atoms with van der Waals surface area (Å²) in [7, 11) is 0. The molecular formula is C22H18O. The molecule has 2 aliphatic carbocycles. The summed E-state index contributed by atoms with van der Waals surface area (Å²) < 4.78 is 0. The molecule has 3 aromatic carbocycles. The first-order valence-corrected chi connectivity index (χ1v) is 8.38. The van der Waals surface area contributed by atoms with E-state index in [1.54, 1.807) is 0 Å². The molecule has 0 aromatic heterocycles. The maximum Gasteiger partial charge on any atom is 0.137 e. The average Bonchev–Trinajstić information content (AvgIpc) is 3.18. The van der Waals surface area contributed by atoms with E-state index in [1.807, 2.05) is 0 Å². The number of Topliss-reactive ketones (excluding diaryl/α,β-unsaturated/α-hetero) is 1. The van der Waals surface area contributed by atoms with Crippen molar-refractivity contribution in [3.8, 4) is 0 Å². The smallest absolute Gasteiger partial charge is 0.137 e. The lowest BCUT2D eigenvalue weighted by Gasteiger charge is -2.16. The van der Waals surface area contributed by atoms with Gasteiger partial charge in [-0.25, -0.2) is 0 Å². The highest BCUT2D eigenvalue weighted by Crippen LogP contribution is 2.72. The van der Waals surface area contributed by atoms with Gasteiger partial charge in [0.25, 0.3) is 0 Å². The van der Waals surface area contributed by atoms with Gasteiger partial charge in [-0.05, 0) is 28.3 Å². The minimum absolute atomic E-state index is 0.0441. The number of hydrogen-bond acceptors (Lipinski definition) is 1. The molecule has 2 saturated carbocycles. The quantitative estimate of drug-likeness (QED) is 0.660. The highest BCUT2D eigenvalue weighted by Gasteiger charge is 2.71. The molecule has 0 aliphatic heterocycles. The van der Waals surface area contributed by atoms with Crippen molar-refractivity contribution in [3.63, 3.8) is 0 Å². The lowest BCUT2D eigenvalue weighted by Crippen LogP contribution is -2.08. The molecule has 23 heavy (non-hydrogen) atoms. The van der Waals surface area contributed by atoms with E-state index in [4.69, 9.17) is 0 Å². The number of fused-ring (bicyclic) bond motifs is 2. The molecule has 2 aliphatic rings. The molecule has 0 radical (unpaired) electrons. The first-order chi connectivity index (χ1) is 11.3. The number of carbonyl (C=O) groups excluding carboxylic acids is 1. The summed E-state index contributed by atoms with van der Waals surface area (Å²) in [6.45, 7) is 0. The SMILES string of the molecule is O=C1CC[C@]2(c3ccccc3)C1[C@H]2c1cccc2ccccc12. The van der Waals surface area contributed by atoms with E-state index in [0.29, 0.717) is 11.7 Å². The summed E-state index contributed by atoms with van der Waals surface area (Å²) in [6.07, 6.45) is 1.73. The maximum absolute atomic E-state index is 12.5. The van der Waals surface area contributed by atoms with Crippen molar-refractivity contribution in [3.05, 3.63) is 83.9 Å². The molecule has 112 valence electrons. The lowest BCUT2D eigenvalue weighted by atomic mass is 9.87. The molecule has 1 heteroatoms. The van der Waals surface area contributed by atoms with E-state index in [0.717, 1.165) is 12.8 Å². The molecule has 0 saturated heterocycles. The van der Waals surface area contributed by atoms with Crippen molar-refractivity contribution < 1.29 is 4.79 Å². The van der Waals surface area contributed by atoms with Gasteiger partial charge < -0.3 is 0 Å². The van der Waals surface area contributed by atoms with Crippen molar-refractivity contribution in [2.75, 3.05) is 0 Å². The van der Waals surface area contributed by atoms with Crippen LogP contribution in [0.25, 0.3) is 10.8 Å². The predicted octanol–water partition coefficient (Wildman–Crippen LogP) is 4.85. The molecule has 0 amide bonds. The van der Waals surface area contributed by atoms with Crippen molar-refractivity contribution >= 4 is 16.6 Å². The van der Waals surface area contributed by atoms with Crippen LogP contribution in [0.3, 0.4) is 0 Å². The van der Waals surface area contributed by atoms with Crippen LogP contribution < -0.4 is 0 Å². The molecule has 1 unspecified atom stereocenters. The van der Waals surface area contributed by atoms with Crippen LogP contribution in [0.5, 0.6) is 0 Å². The van der Waals surface area contributed by atoms with E-state index in [9.17, 15) is 4.79 Å². The minimum atomic E-state index is 0.0441. The molecule has 3 aromatic rings. The Balaban J connectivity index is 1.70. The molecule has 3 atom stereocenters. The standard InChI is InChI=1S/C22H18O/c23-19-13-14-22(16-9-2-1-3-10-16)20(21(19)22)18-12-6-8-15-7-4-5-11-17(15)18/h1-12,20-21H,13-14H2/t20-,21?,22-/m1/s1. The van der Waals surface area contributed by atoms with Gasteiger partial charge in [-0.2, -0.15) is 0 Å². The zero-order valence-electron chi connectivity index (χ0n) is 12.9. The fourth-order valence-corrected chi connectivity index (χ4v) is 4.94. The highest BCUT2D eigenvalue weighted by molar-refractivity contribution is 5.95. The molecule has 0 spiro atoms. The third kappa shape index (κ3) is 1.65. The van der Waals surface area contributed by atoms with E-state index >= 15 is 0 Å². The van der Waals surface area contributed by atoms with Crippen LogP contribution in [0.4, 0.5) is 0 Å². The topological polar surface area (TPSA) is 17.1 Å². The Kier molecular flexibility index (Phi) is 2.58. The summed E-state index contributed by atoms with van der Waals surface area (Å²) in [5.74, 6) is 0.972. The number of benzene rings is 3. The van der Waals surface area contributed by atoms with Gasteiger partial charge >= 0.3 is 0 Å². The second-order valence-electron chi connectivity index (χ2n) is 6.90. The number of rotatable bonds is 2. The van der Waals surface area contributed by atoms with Crippen LogP contribution in [0.1, 0.15) is 29.9 Å². The Hall–Kier alpha value is -2.41. The third-order valence-electron chi connectivity index (χ3n) is 5.94. The second-order valence-corrected chi connectivity index (χ2v) is 6.90. The predicted molar refractivity (Wildman–Crippen MR) is 92.5 cm³/mol. The second kappa shape index (κ2) is 4.55. The Labute approximate surface area is 136 Å². The monoisotopic (exact) mass is 298 g/mol. The van der Waals surface area contributed by atoms with Crippen LogP contribution in [-0.2, 0) is 10.2 Å². The number of hydrogen-bond donors (Lipinski definition) is 0. The molecule has 0 heterocycles. The maximum atomic E-state index is 12.5. The van der Waals surface area contributed by atoms with E-state index in [-0.39, 0.29) is 11.3 Å². The molecule has 1 nitrogen and oxygen atoms in total. The summed E-state index contributed by atoms with van der Waals surface area (Å²) in [4.78, 5) is 12.5. The molecule has 0 bridgehead atoms. The fourth-order valence-electron chi connectivity index (χ4n) is 4.94. The molecule has 5 rings (SSSR count). The minimum Gasteiger partial charge on any atom is -0.299 e. The number of ketones is 1. The Bertz CT molecular complexity index is 906. The number of carbonyl (C=O) groups is 1. The first kappa shape index (κ1) is 13.1. The van der Waals surface area contributed by atoms with Crippen LogP contribution in [0.2, 0.25) is 0 Å². The summed E-state index contributed by atoms with van der Waals surface area (Å²) >= 11 is 0. The Morgan fingerprint density at radius 2 is 1.52 bits per heavy atom. The Morgan fingerprint density at radius 3 is 2.39 bits per heavy atom. The van der Waals surface area contributed by atoms with E-state index in [1.165, 1.54) is 21.9 Å². The van der Waals surface area contributed by atoms with Crippen LogP contribution >= 0.6 is 0 Å². The Morgan fingerprint density at radius 1 is 0.783 bits per heavy atom. The van der Waals surface area contributed by atoms with Crippen LogP contribution in [0.15, 0.2) is 72.8 Å². The zero-order valence-corrected chi connectivity index (χ0v) is 12.9. The van der Waals surface area contributed by atoms with Gasteiger partial charge in [0.15, 0.2) is 0 Å². The van der Waals surface area contributed by atoms with Gasteiger partial charge in [0.05, 0.1) is 0 Å². The summed E-state index contributed by atoms with van der Waals surface area (Å²) in [6, 6.07) is 25.7. The highest BCUT2D eigenvalue weighted by atomic mass is 16.1. The molecule has 2 fully saturated rings. The summed E-state index contributed by atoms with van der Waals surface area (Å²) in [5.41, 5.74) is 2.74. The van der Waals surface area contributed by atoms with Gasteiger partial charge in [-0.1, -0.05) is 72.8 Å². The first-order valence-electron chi connectivity index (χ1n) is 8.38. The van der Waals surface area contributed by atoms with Crippen molar-refractivity contribution in [2.45, 2.75) is 24.2 Å². The average molecular weight is 298 g/mol. The van der Waals surface area contributed by atoms with E-state index in [2.05, 4.69) is 72.8 Å². The normalized spacial score (nSPS) is 28.8. The van der Waals surface area contributed by atoms with Crippen molar-refractivity contribution in [2.24, 2.45) is 5.92 Å². The van der Waals surface area contributed by atoms with Crippen LogP contribution in [0, 0.1) is 5.92 Å². The fraction of sp³-hybridized carbons (Fsp3) is 0.227. The van der Waals surface area contributed by atoms with Gasteiger partial charge in [-0.15, -0.1) is 0 Å². The van der Waals surface area contributed by atoms with Gasteiger partial charge in [0.1, 0.15) is 5.78 Å². The molecular weight excluding hydrogens is 280 g/mol. The van der Waals surface area contributed by atoms with Gasteiger partial charge in [0, 0.05) is 23.7 Å². The molecule has 0 N–H and O–H groups in total. The van der Waals surface area contributed by atoms with Crippen molar-refractivity contribution in [1.29, 1.82) is 0 Å².